The topological polar surface area (TPSA) is 46.5 Å². The number of carbonyl (C=O) groups is 1. The number of methoxy groups -OCH3 is 1. The lowest BCUT2D eigenvalue weighted by Crippen LogP contribution is -2.02. The Morgan fingerprint density at radius 3 is 2.40 bits per heavy atom. The van der Waals surface area contributed by atoms with Crippen molar-refractivity contribution in [2.75, 3.05) is 7.11 Å². The Kier molecular flexibility index (Phi) is 5.79. The summed E-state index contributed by atoms with van der Waals surface area (Å²) in [6.45, 7) is 5.66. The molecule has 0 bridgehead atoms. The van der Waals surface area contributed by atoms with Gasteiger partial charge in [0.1, 0.15) is 11.3 Å². The third-order valence-electron chi connectivity index (χ3n) is 1.67. The van der Waals surface area contributed by atoms with Crippen LogP contribution in [0.15, 0.2) is 12.1 Å². The molecule has 0 heterocycles. The van der Waals surface area contributed by atoms with Crippen molar-refractivity contribution in [1.82, 2.24) is 0 Å². The summed E-state index contributed by atoms with van der Waals surface area (Å²) in [5, 5.41) is 9.86. The molecule has 0 radical (unpaired) electrons. The van der Waals surface area contributed by atoms with Crippen LogP contribution in [-0.2, 0) is 4.74 Å². The molecule has 0 aliphatic carbocycles. The number of phenols is 1. The standard InChI is InChI=1S/C9H9ClO3.C2H6/c1-5-3-6(10)4-7(8(5)11)9(12)13-2;1-2/h3-4,11H,1-2H3;1-2H3. The smallest absolute Gasteiger partial charge is 0.341 e. The van der Waals surface area contributed by atoms with E-state index < -0.39 is 5.97 Å². The van der Waals surface area contributed by atoms with Gasteiger partial charge in [0, 0.05) is 5.02 Å². The first-order valence-electron chi connectivity index (χ1n) is 4.63. The van der Waals surface area contributed by atoms with Crippen LogP contribution in [0.5, 0.6) is 5.75 Å². The second kappa shape index (κ2) is 6.30. The van der Waals surface area contributed by atoms with Gasteiger partial charge >= 0.3 is 5.97 Å². The molecule has 4 heteroatoms. The average Bonchev–Trinajstić information content (AvgIpc) is 2.25. The fourth-order valence-electron chi connectivity index (χ4n) is 1.00. The Balaban J connectivity index is 0.000000921. The molecule has 0 aromatic heterocycles. The molecular weight excluding hydrogens is 216 g/mol. The third kappa shape index (κ3) is 3.44. The van der Waals surface area contributed by atoms with Crippen molar-refractivity contribution in [2.24, 2.45) is 0 Å². The molecule has 15 heavy (non-hydrogen) atoms. The summed E-state index contributed by atoms with van der Waals surface area (Å²) in [5.74, 6) is -0.681. The van der Waals surface area contributed by atoms with E-state index >= 15 is 0 Å². The first-order valence-corrected chi connectivity index (χ1v) is 5.01. The van der Waals surface area contributed by atoms with Crippen molar-refractivity contribution in [3.05, 3.63) is 28.3 Å². The fraction of sp³-hybridized carbons (Fsp3) is 0.364. The average molecular weight is 231 g/mol. The summed E-state index contributed by atoms with van der Waals surface area (Å²) < 4.78 is 4.47. The molecule has 0 unspecified atom stereocenters. The van der Waals surface area contributed by atoms with E-state index in [9.17, 15) is 9.90 Å². The van der Waals surface area contributed by atoms with E-state index in [1.807, 2.05) is 13.8 Å². The van der Waals surface area contributed by atoms with E-state index in [1.165, 1.54) is 13.2 Å². The number of phenolic OH excluding ortho intramolecular Hbond substituents is 1. The number of carbonyl (C=O) groups excluding carboxylic acids is 1. The highest BCUT2D eigenvalue weighted by molar-refractivity contribution is 6.31. The highest BCUT2D eigenvalue weighted by atomic mass is 35.5. The molecule has 0 spiro atoms. The molecule has 0 aliphatic rings. The summed E-state index contributed by atoms with van der Waals surface area (Å²) >= 11 is 5.70. The highest BCUT2D eigenvalue weighted by Crippen LogP contribution is 2.26. The lowest BCUT2D eigenvalue weighted by Gasteiger charge is -2.05. The zero-order chi connectivity index (χ0) is 12.0. The van der Waals surface area contributed by atoms with Crippen LogP contribution in [0.3, 0.4) is 0 Å². The first-order chi connectivity index (χ1) is 7.06. The zero-order valence-electron chi connectivity index (χ0n) is 9.30. The number of aryl methyl sites for hydroxylation is 1. The number of esters is 1. The monoisotopic (exact) mass is 230 g/mol. The minimum absolute atomic E-state index is 0.0868. The molecule has 0 atom stereocenters. The number of ether oxygens (including phenoxy) is 1. The van der Waals surface area contributed by atoms with E-state index in [2.05, 4.69) is 4.74 Å². The predicted molar refractivity (Wildman–Crippen MR) is 60.5 cm³/mol. The Morgan fingerprint density at radius 1 is 1.40 bits per heavy atom. The number of benzene rings is 1. The summed E-state index contributed by atoms with van der Waals surface area (Å²) in [6.07, 6.45) is 0. The van der Waals surface area contributed by atoms with Gasteiger partial charge in [0.2, 0.25) is 0 Å². The quantitative estimate of drug-likeness (QED) is 0.754. The Bertz CT molecular complexity index is 348. The summed E-state index contributed by atoms with van der Waals surface area (Å²) in [4.78, 5) is 11.1. The largest absolute Gasteiger partial charge is 0.507 e. The van der Waals surface area contributed by atoms with Crippen molar-refractivity contribution in [3.8, 4) is 5.75 Å². The molecule has 0 aliphatic heterocycles. The molecule has 1 aromatic carbocycles. The van der Waals surface area contributed by atoms with Crippen LogP contribution in [0.25, 0.3) is 0 Å². The van der Waals surface area contributed by atoms with Gasteiger partial charge in [-0.3, -0.25) is 0 Å². The van der Waals surface area contributed by atoms with Gasteiger partial charge < -0.3 is 9.84 Å². The van der Waals surface area contributed by atoms with Crippen LogP contribution in [0.2, 0.25) is 5.02 Å². The number of halogens is 1. The Morgan fingerprint density at radius 2 is 1.93 bits per heavy atom. The zero-order valence-corrected chi connectivity index (χ0v) is 10.1. The number of rotatable bonds is 1. The molecule has 0 fully saturated rings. The van der Waals surface area contributed by atoms with Crippen LogP contribution < -0.4 is 0 Å². The SMILES string of the molecule is CC.COC(=O)c1cc(Cl)cc(C)c1O. The van der Waals surface area contributed by atoms with Gasteiger partial charge in [0.25, 0.3) is 0 Å². The summed E-state index contributed by atoms with van der Waals surface area (Å²) in [6, 6.07) is 2.94. The lowest BCUT2D eigenvalue weighted by atomic mass is 10.1. The van der Waals surface area contributed by atoms with E-state index in [1.54, 1.807) is 13.0 Å². The van der Waals surface area contributed by atoms with Crippen molar-refractivity contribution >= 4 is 17.6 Å². The number of aromatic hydroxyl groups is 1. The van der Waals surface area contributed by atoms with Gasteiger partial charge in [-0.15, -0.1) is 0 Å². The van der Waals surface area contributed by atoms with Crippen LogP contribution in [0, 0.1) is 6.92 Å². The van der Waals surface area contributed by atoms with Crippen LogP contribution in [0.1, 0.15) is 29.8 Å². The van der Waals surface area contributed by atoms with E-state index in [0.717, 1.165) is 0 Å². The van der Waals surface area contributed by atoms with Gasteiger partial charge in [0.05, 0.1) is 7.11 Å². The third-order valence-corrected chi connectivity index (χ3v) is 1.89. The first kappa shape index (κ1) is 13.8. The minimum Gasteiger partial charge on any atom is -0.507 e. The lowest BCUT2D eigenvalue weighted by molar-refractivity contribution is 0.0597. The summed E-state index contributed by atoms with van der Waals surface area (Å²) in [7, 11) is 1.25. The maximum atomic E-state index is 11.1. The Hall–Kier alpha value is -1.22. The maximum absolute atomic E-state index is 11.1. The molecule has 0 saturated carbocycles. The molecular formula is C11H15ClO3. The van der Waals surface area contributed by atoms with Crippen LogP contribution in [0.4, 0.5) is 0 Å². The summed E-state index contributed by atoms with van der Waals surface area (Å²) in [5.41, 5.74) is 0.639. The number of hydrogen-bond acceptors (Lipinski definition) is 3. The van der Waals surface area contributed by atoms with Crippen molar-refractivity contribution < 1.29 is 14.6 Å². The van der Waals surface area contributed by atoms with E-state index in [4.69, 9.17) is 11.6 Å². The molecule has 1 N–H and O–H groups in total. The second-order valence-corrected chi connectivity index (χ2v) is 3.05. The molecule has 1 aromatic rings. The van der Waals surface area contributed by atoms with Crippen LogP contribution >= 0.6 is 11.6 Å². The van der Waals surface area contributed by atoms with E-state index in [-0.39, 0.29) is 11.3 Å². The van der Waals surface area contributed by atoms with Gasteiger partial charge in [-0.2, -0.15) is 0 Å². The highest BCUT2D eigenvalue weighted by Gasteiger charge is 2.13. The number of hydrogen-bond donors (Lipinski definition) is 1. The van der Waals surface area contributed by atoms with Gasteiger partial charge in [-0.25, -0.2) is 4.79 Å². The van der Waals surface area contributed by atoms with Gasteiger partial charge in [0.15, 0.2) is 0 Å². The fourth-order valence-corrected chi connectivity index (χ4v) is 1.27. The molecule has 1 rings (SSSR count). The van der Waals surface area contributed by atoms with Gasteiger partial charge in [-0.1, -0.05) is 25.4 Å². The van der Waals surface area contributed by atoms with Crippen molar-refractivity contribution in [1.29, 1.82) is 0 Å². The predicted octanol–water partition coefficient (Wildman–Crippen LogP) is 3.17. The second-order valence-electron chi connectivity index (χ2n) is 2.61. The molecule has 84 valence electrons. The van der Waals surface area contributed by atoms with E-state index in [0.29, 0.717) is 10.6 Å². The maximum Gasteiger partial charge on any atom is 0.341 e. The van der Waals surface area contributed by atoms with Gasteiger partial charge in [-0.05, 0) is 24.6 Å². The Labute approximate surface area is 94.6 Å². The normalized spacial score (nSPS) is 8.87. The molecule has 3 nitrogen and oxygen atoms in total. The minimum atomic E-state index is -0.594. The molecule has 0 amide bonds. The van der Waals surface area contributed by atoms with Crippen molar-refractivity contribution in [2.45, 2.75) is 20.8 Å². The molecule has 0 saturated heterocycles. The van der Waals surface area contributed by atoms with Crippen LogP contribution in [-0.4, -0.2) is 18.2 Å². The van der Waals surface area contributed by atoms with Crippen molar-refractivity contribution in [3.63, 3.8) is 0 Å².